The zero-order valence-corrected chi connectivity index (χ0v) is 12.4. The average molecular weight is 287 g/mol. The Balaban J connectivity index is 2.09. The molecule has 3 N–H and O–H groups in total. The molecule has 0 saturated heterocycles. The van der Waals surface area contributed by atoms with Gasteiger partial charge < -0.3 is 15.8 Å². The Hall–Kier alpha value is -1.98. The predicted octanol–water partition coefficient (Wildman–Crippen LogP) is 1.64. The molecule has 0 aliphatic rings. The minimum Gasteiger partial charge on any atom is -0.383 e. The normalized spacial score (nSPS) is 12.3. The maximum atomic E-state index is 12.3. The molecule has 1 aromatic heterocycles. The first-order valence-electron chi connectivity index (χ1n) is 7.01. The number of aryl methyl sites for hydroxylation is 1. The van der Waals surface area contributed by atoms with E-state index in [9.17, 15) is 4.79 Å². The predicted molar refractivity (Wildman–Crippen MR) is 83.3 cm³/mol. The lowest BCUT2D eigenvalue weighted by atomic mass is 10.1. The van der Waals surface area contributed by atoms with Gasteiger partial charge in [-0.25, -0.2) is 0 Å². The smallest absolute Gasteiger partial charge is 0.252 e. The summed E-state index contributed by atoms with van der Waals surface area (Å²) in [5, 5.41) is 3.77. The van der Waals surface area contributed by atoms with Crippen molar-refractivity contribution < 1.29 is 9.53 Å². The van der Waals surface area contributed by atoms with Gasteiger partial charge in [0.15, 0.2) is 0 Å². The van der Waals surface area contributed by atoms with Crippen LogP contribution in [0.1, 0.15) is 22.5 Å². The monoisotopic (exact) mass is 287 g/mol. The van der Waals surface area contributed by atoms with Gasteiger partial charge in [-0.1, -0.05) is 18.2 Å². The fourth-order valence-electron chi connectivity index (χ4n) is 2.26. The molecular formula is C16H21N3O2. The topological polar surface area (TPSA) is 77.2 Å². The number of aromatic nitrogens is 1. The zero-order chi connectivity index (χ0) is 15.2. The van der Waals surface area contributed by atoms with Crippen molar-refractivity contribution in [2.45, 2.75) is 19.4 Å². The summed E-state index contributed by atoms with van der Waals surface area (Å²) in [7, 11) is 1.62. The fraction of sp³-hybridized carbons (Fsp3) is 0.375. The van der Waals surface area contributed by atoms with Crippen LogP contribution in [0.15, 0.2) is 30.3 Å². The molecule has 5 nitrogen and oxygen atoms in total. The van der Waals surface area contributed by atoms with Crippen molar-refractivity contribution in [2.75, 3.05) is 20.3 Å². The lowest BCUT2D eigenvalue weighted by Crippen LogP contribution is -2.33. The van der Waals surface area contributed by atoms with Gasteiger partial charge in [0.25, 0.3) is 5.91 Å². The quantitative estimate of drug-likeness (QED) is 0.846. The molecule has 0 fully saturated rings. The van der Waals surface area contributed by atoms with E-state index in [0.29, 0.717) is 25.1 Å². The van der Waals surface area contributed by atoms with E-state index >= 15 is 0 Å². The zero-order valence-electron chi connectivity index (χ0n) is 12.4. The molecular weight excluding hydrogens is 266 g/mol. The minimum atomic E-state index is -0.0960. The van der Waals surface area contributed by atoms with Gasteiger partial charge in [-0.15, -0.1) is 0 Å². The molecule has 1 heterocycles. The number of rotatable bonds is 6. The van der Waals surface area contributed by atoms with E-state index in [2.05, 4.69) is 10.3 Å². The highest BCUT2D eigenvalue weighted by molar-refractivity contribution is 6.06. The summed E-state index contributed by atoms with van der Waals surface area (Å²) < 4.78 is 4.97. The van der Waals surface area contributed by atoms with Crippen molar-refractivity contribution in [3.63, 3.8) is 0 Å². The van der Waals surface area contributed by atoms with Crippen LogP contribution in [-0.2, 0) is 4.74 Å². The van der Waals surface area contributed by atoms with Gasteiger partial charge in [-0.2, -0.15) is 0 Å². The number of pyridine rings is 1. The first-order chi connectivity index (χ1) is 10.1. The summed E-state index contributed by atoms with van der Waals surface area (Å²) in [4.78, 5) is 16.8. The van der Waals surface area contributed by atoms with Crippen LogP contribution >= 0.6 is 0 Å². The van der Waals surface area contributed by atoms with Crippen molar-refractivity contribution >= 4 is 16.8 Å². The Morgan fingerprint density at radius 1 is 1.43 bits per heavy atom. The third kappa shape index (κ3) is 4.00. The van der Waals surface area contributed by atoms with Crippen LogP contribution in [0.5, 0.6) is 0 Å². The number of fused-ring (bicyclic) bond motifs is 1. The van der Waals surface area contributed by atoms with Crippen LogP contribution < -0.4 is 11.1 Å². The number of nitrogens with two attached hydrogens (primary N) is 1. The summed E-state index contributed by atoms with van der Waals surface area (Å²) in [5.41, 5.74) is 8.15. The number of carbonyl (C=O) groups is 1. The maximum absolute atomic E-state index is 12.3. The molecule has 2 rings (SSSR count). The SMILES string of the molecule is COCC(N)CCNC(=O)c1cc(C)nc2ccccc12. The molecule has 0 radical (unpaired) electrons. The molecule has 0 spiro atoms. The summed E-state index contributed by atoms with van der Waals surface area (Å²) in [5.74, 6) is -0.0960. The molecule has 1 amide bonds. The molecule has 112 valence electrons. The lowest BCUT2D eigenvalue weighted by molar-refractivity contribution is 0.0951. The highest BCUT2D eigenvalue weighted by Crippen LogP contribution is 2.18. The van der Waals surface area contributed by atoms with E-state index in [-0.39, 0.29) is 11.9 Å². The summed E-state index contributed by atoms with van der Waals surface area (Å²) >= 11 is 0. The van der Waals surface area contributed by atoms with Crippen molar-refractivity contribution in [3.05, 3.63) is 41.6 Å². The Labute approximate surface area is 124 Å². The number of carbonyl (C=O) groups excluding carboxylic acids is 1. The molecule has 1 atom stereocenters. The number of methoxy groups -OCH3 is 1. The number of hydrogen-bond acceptors (Lipinski definition) is 4. The van der Waals surface area contributed by atoms with Crippen molar-refractivity contribution in [3.8, 4) is 0 Å². The molecule has 0 aliphatic heterocycles. The second-order valence-corrected chi connectivity index (χ2v) is 5.09. The van der Waals surface area contributed by atoms with Gasteiger partial charge in [-0.3, -0.25) is 9.78 Å². The van der Waals surface area contributed by atoms with Gasteiger partial charge in [-0.05, 0) is 25.5 Å². The molecule has 0 bridgehead atoms. The van der Waals surface area contributed by atoms with Crippen LogP contribution in [0, 0.1) is 6.92 Å². The number of benzene rings is 1. The Bertz CT molecular complexity index is 628. The number of nitrogens with one attached hydrogen (secondary N) is 1. The van der Waals surface area contributed by atoms with E-state index in [0.717, 1.165) is 16.6 Å². The first kappa shape index (κ1) is 15.4. The van der Waals surface area contributed by atoms with Crippen LogP contribution in [0.3, 0.4) is 0 Å². The molecule has 1 unspecified atom stereocenters. The highest BCUT2D eigenvalue weighted by atomic mass is 16.5. The number of hydrogen-bond donors (Lipinski definition) is 2. The van der Waals surface area contributed by atoms with Gasteiger partial charge >= 0.3 is 0 Å². The van der Waals surface area contributed by atoms with Crippen molar-refractivity contribution in [1.29, 1.82) is 0 Å². The third-order valence-corrected chi connectivity index (χ3v) is 3.27. The second kappa shape index (κ2) is 7.15. The summed E-state index contributed by atoms with van der Waals surface area (Å²) in [6, 6.07) is 9.39. The molecule has 1 aromatic carbocycles. The van der Waals surface area contributed by atoms with Crippen LogP contribution in [0.2, 0.25) is 0 Å². The van der Waals surface area contributed by atoms with Gasteiger partial charge in [0.2, 0.25) is 0 Å². The number of amides is 1. The van der Waals surface area contributed by atoms with E-state index in [4.69, 9.17) is 10.5 Å². The van der Waals surface area contributed by atoms with E-state index < -0.39 is 0 Å². The summed E-state index contributed by atoms with van der Waals surface area (Å²) in [6.07, 6.45) is 0.682. The van der Waals surface area contributed by atoms with Crippen LogP contribution in [0.4, 0.5) is 0 Å². The molecule has 21 heavy (non-hydrogen) atoms. The number of nitrogens with zero attached hydrogens (tertiary/aromatic N) is 1. The van der Waals surface area contributed by atoms with E-state index in [1.807, 2.05) is 37.3 Å². The standard InChI is InChI=1S/C16H21N3O2/c1-11-9-14(13-5-3-4-6-15(13)19-11)16(20)18-8-7-12(17)10-21-2/h3-6,9,12H,7-8,10,17H2,1-2H3,(H,18,20). The number of para-hydroxylation sites is 1. The Morgan fingerprint density at radius 3 is 2.95 bits per heavy atom. The van der Waals surface area contributed by atoms with Crippen molar-refractivity contribution in [1.82, 2.24) is 10.3 Å². The summed E-state index contributed by atoms with van der Waals surface area (Å²) in [6.45, 7) is 2.91. The largest absolute Gasteiger partial charge is 0.383 e. The Morgan fingerprint density at radius 2 is 2.19 bits per heavy atom. The van der Waals surface area contributed by atoms with Crippen molar-refractivity contribution in [2.24, 2.45) is 5.73 Å². The van der Waals surface area contributed by atoms with Crippen LogP contribution in [0.25, 0.3) is 10.9 Å². The molecule has 0 saturated carbocycles. The Kier molecular flexibility index (Phi) is 5.25. The van der Waals surface area contributed by atoms with Gasteiger partial charge in [0.1, 0.15) is 0 Å². The second-order valence-electron chi connectivity index (χ2n) is 5.09. The van der Waals surface area contributed by atoms with E-state index in [1.165, 1.54) is 0 Å². The number of ether oxygens (including phenoxy) is 1. The first-order valence-corrected chi connectivity index (χ1v) is 7.01. The molecule has 5 heteroatoms. The van der Waals surface area contributed by atoms with Gasteiger partial charge in [0.05, 0.1) is 17.7 Å². The van der Waals surface area contributed by atoms with Gasteiger partial charge in [0, 0.05) is 30.8 Å². The lowest BCUT2D eigenvalue weighted by Gasteiger charge is -2.12. The third-order valence-electron chi connectivity index (χ3n) is 3.27. The molecule has 2 aromatic rings. The molecule has 0 aliphatic carbocycles. The average Bonchev–Trinajstić information content (AvgIpc) is 2.46. The highest BCUT2D eigenvalue weighted by Gasteiger charge is 2.11. The maximum Gasteiger partial charge on any atom is 0.252 e. The van der Waals surface area contributed by atoms with E-state index in [1.54, 1.807) is 7.11 Å². The van der Waals surface area contributed by atoms with Crippen LogP contribution in [-0.4, -0.2) is 37.2 Å². The minimum absolute atomic E-state index is 0.0637. The fourth-order valence-corrected chi connectivity index (χ4v) is 2.26.